The summed E-state index contributed by atoms with van der Waals surface area (Å²) >= 11 is 0. The molecule has 0 aliphatic rings. The van der Waals surface area contributed by atoms with E-state index in [0.29, 0.717) is 0 Å². The maximum atomic E-state index is 5.91. The molecule has 126 valence electrons. The van der Waals surface area contributed by atoms with Crippen molar-refractivity contribution in [3.8, 4) is 0 Å². The topological polar surface area (TPSA) is 30.5 Å². The number of nitrogens with one attached hydrogen (secondary N) is 1. The highest BCUT2D eigenvalue weighted by atomic mass is 16.5. The third-order valence-corrected chi connectivity index (χ3v) is 2.96. The van der Waals surface area contributed by atoms with Crippen LogP contribution in [0.5, 0.6) is 0 Å². The Labute approximate surface area is 128 Å². The molecule has 0 aliphatic carbocycles. The Morgan fingerprint density at radius 3 is 1.75 bits per heavy atom. The molecular weight excluding hydrogens is 250 g/mol. The number of rotatable bonds is 9. The van der Waals surface area contributed by atoms with Gasteiger partial charge in [0.2, 0.25) is 0 Å². The zero-order valence-corrected chi connectivity index (χ0v) is 15.9. The summed E-state index contributed by atoms with van der Waals surface area (Å²) in [5.74, 6) is 0. The van der Waals surface area contributed by atoms with Gasteiger partial charge in [-0.15, -0.1) is 0 Å². The molecule has 0 aliphatic heterocycles. The fraction of sp³-hybridized carbons (Fsp3) is 1.00. The van der Waals surface area contributed by atoms with Gasteiger partial charge in [-0.1, -0.05) is 27.7 Å². The lowest BCUT2D eigenvalue weighted by Gasteiger charge is -2.28. The summed E-state index contributed by atoms with van der Waals surface area (Å²) in [5.41, 5.74) is -0.109. The summed E-state index contributed by atoms with van der Waals surface area (Å²) in [6.45, 7) is 18.3. The Kier molecular flexibility index (Phi) is 19.0. The molecule has 0 radical (unpaired) electrons. The van der Waals surface area contributed by atoms with Gasteiger partial charge >= 0.3 is 0 Å². The maximum Gasteiger partial charge on any atom is 0.0644 e. The van der Waals surface area contributed by atoms with Crippen molar-refractivity contribution in [3.63, 3.8) is 0 Å². The molecule has 0 aromatic rings. The van der Waals surface area contributed by atoms with E-state index in [1.54, 1.807) is 7.11 Å². The summed E-state index contributed by atoms with van der Waals surface area (Å²) < 4.78 is 11.3. The molecule has 0 saturated heterocycles. The van der Waals surface area contributed by atoms with Gasteiger partial charge in [0.15, 0.2) is 0 Å². The Morgan fingerprint density at radius 2 is 1.35 bits per heavy atom. The van der Waals surface area contributed by atoms with Crippen LogP contribution in [0.3, 0.4) is 0 Å². The van der Waals surface area contributed by atoms with E-state index in [1.807, 2.05) is 34.7 Å². The molecule has 0 aromatic heterocycles. The van der Waals surface area contributed by atoms with Crippen LogP contribution in [0.1, 0.15) is 74.7 Å². The molecular formula is C17H41NO2. The third-order valence-electron chi connectivity index (χ3n) is 2.96. The van der Waals surface area contributed by atoms with Crippen molar-refractivity contribution in [1.82, 2.24) is 5.32 Å². The van der Waals surface area contributed by atoms with Crippen molar-refractivity contribution in [3.05, 3.63) is 0 Å². The smallest absolute Gasteiger partial charge is 0.0644 e. The monoisotopic (exact) mass is 291 g/mol. The highest BCUT2D eigenvalue weighted by Gasteiger charge is 2.21. The van der Waals surface area contributed by atoms with E-state index in [2.05, 4.69) is 33.0 Å². The van der Waals surface area contributed by atoms with E-state index in [0.717, 1.165) is 32.4 Å². The fourth-order valence-corrected chi connectivity index (χ4v) is 1.44. The van der Waals surface area contributed by atoms with Crippen LogP contribution < -0.4 is 5.32 Å². The van der Waals surface area contributed by atoms with E-state index < -0.39 is 0 Å². The largest absolute Gasteiger partial charge is 0.379 e. The van der Waals surface area contributed by atoms with E-state index in [-0.39, 0.29) is 11.2 Å². The Balaban J connectivity index is -0.000000656. The van der Waals surface area contributed by atoms with Crippen LogP contribution in [0.4, 0.5) is 0 Å². The predicted octanol–water partition coefficient (Wildman–Crippen LogP) is 4.65. The van der Waals surface area contributed by atoms with Crippen molar-refractivity contribution in [2.45, 2.75) is 85.9 Å². The molecule has 0 bridgehead atoms. The van der Waals surface area contributed by atoms with Crippen molar-refractivity contribution < 1.29 is 9.47 Å². The van der Waals surface area contributed by atoms with E-state index in [4.69, 9.17) is 9.47 Å². The van der Waals surface area contributed by atoms with E-state index in [9.17, 15) is 0 Å². The minimum Gasteiger partial charge on any atom is -0.379 e. The zero-order valence-electron chi connectivity index (χ0n) is 15.9. The van der Waals surface area contributed by atoms with Gasteiger partial charge in [-0.05, 0) is 60.5 Å². The first-order valence-corrected chi connectivity index (χ1v) is 8.17. The molecule has 0 aromatic carbocycles. The summed E-state index contributed by atoms with van der Waals surface area (Å²) in [6, 6.07) is 0. The molecule has 3 heteroatoms. The fourth-order valence-electron chi connectivity index (χ4n) is 1.44. The van der Waals surface area contributed by atoms with Crippen molar-refractivity contribution in [1.29, 1.82) is 0 Å². The van der Waals surface area contributed by atoms with Crippen LogP contribution in [0.15, 0.2) is 0 Å². The summed E-state index contributed by atoms with van der Waals surface area (Å²) in [7, 11) is 3.73. The quantitative estimate of drug-likeness (QED) is 0.627. The molecule has 0 unspecified atom stereocenters. The van der Waals surface area contributed by atoms with Crippen molar-refractivity contribution in [2.24, 2.45) is 0 Å². The first-order valence-electron chi connectivity index (χ1n) is 8.17. The lowest BCUT2D eigenvalue weighted by molar-refractivity contribution is -0.0616. The molecule has 0 amide bonds. The SMILES string of the molecule is CC.CC.CNCCCC(C)(C)OCCC(C)(C)OC. The molecule has 0 saturated carbocycles. The predicted molar refractivity (Wildman–Crippen MR) is 91.6 cm³/mol. The minimum atomic E-state index is -0.0823. The second-order valence-corrected chi connectivity index (χ2v) is 5.53. The maximum absolute atomic E-state index is 5.91. The molecule has 3 nitrogen and oxygen atoms in total. The minimum absolute atomic E-state index is 0.0271. The van der Waals surface area contributed by atoms with Crippen LogP contribution in [-0.4, -0.2) is 38.5 Å². The third kappa shape index (κ3) is 17.9. The number of ether oxygens (including phenoxy) is 2. The number of methoxy groups -OCH3 is 1. The van der Waals surface area contributed by atoms with Gasteiger partial charge in [0.05, 0.1) is 17.8 Å². The number of hydrogen-bond donors (Lipinski definition) is 1. The van der Waals surface area contributed by atoms with E-state index in [1.165, 1.54) is 0 Å². The summed E-state index contributed by atoms with van der Waals surface area (Å²) in [4.78, 5) is 0. The zero-order chi connectivity index (χ0) is 16.7. The second kappa shape index (κ2) is 15.3. The van der Waals surface area contributed by atoms with Gasteiger partial charge in [-0.3, -0.25) is 0 Å². The second-order valence-electron chi connectivity index (χ2n) is 5.53. The first kappa shape index (κ1) is 24.9. The van der Waals surface area contributed by atoms with Gasteiger partial charge in [0.1, 0.15) is 0 Å². The molecule has 0 atom stereocenters. The Bertz CT molecular complexity index is 180. The standard InChI is InChI=1S/C13H29NO2.2C2H6/c1-12(2,15-6)9-11-16-13(3,4)8-7-10-14-5;2*1-2/h14H,7-11H2,1-6H3;2*1-2H3. The van der Waals surface area contributed by atoms with E-state index >= 15 is 0 Å². The lowest BCUT2D eigenvalue weighted by Crippen LogP contribution is -2.30. The highest BCUT2D eigenvalue weighted by Crippen LogP contribution is 2.19. The molecule has 0 fully saturated rings. The summed E-state index contributed by atoms with van der Waals surface area (Å²) in [5, 5.41) is 3.15. The van der Waals surface area contributed by atoms with Gasteiger partial charge in [0.25, 0.3) is 0 Å². The normalized spacial score (nSPS) is 11.1. The molecule has 1 N–H and O–H groups in total. The molecule has 0 heterocycles. The molecule has 20 heavy (non-hydrogen) atoms. The van der Waals surface area contributed by atoms with Crippen LogP contribution in [-0.2, 0) is 9.47 Å². The highest BCUT2D eigenvalue weighted by molar-refractivity contribution is 4.72. The Hall–Kier alpha value is -0.120. The van der Waals surface area contributed by atoms with Gasteiger partial charge in [-0.25, -0.2) is 0 Å². The van der Waals surface area contributed by atoms with Gasteiger partial charge in [-0.2, -0.15) is 0 Å². The van der Waals surface area contributed by atoms with Crippen molar-refractivity contribution in [2.75, 3.05) is 27.3 Å². The van der Waals surface area contributed by atoms with Gasteiger partial charge in [0, 0.05) is 7.11 Å². The van der Waals surface area contributed by atoms with Crippen LogP contribution in [0, 0.1) is 0 Å². The average molecular weight is 292 g/mol. The van der Waals surface area contributed by atoms with Crippen LogP contribution in [0.2, 0.25) is 0 Å². The van der Waals surface area contributed by atoms with Crippen LogP contribution in [0.25, 0.3) is 0 Å². The molecule has 0 rings (SSSR count). The Morgan fingerprint density at radius 1 is 0.850 bits per heavy atom. The molecule has 0 spiro atoms. The summed E-state index contributed by atoms with van der Waals surface area (Å²) in [6.07, 6.45) is 3.16. The van der Waals surface area contributed by atoms with Gasteiger partial charge < -0.3 is 14.8 Å². The van der Waals surface area contributed by atoms with Crippen molar-refractivity contribution >= 4 is 0 Å². The van der Waals surface area contributed by atoms with Crippen LogP contribution >= 0.6 is 0 Å². The average Bonchev–Trinajstić information content (AvgIpc) is 2.43. The number of hydrogen-bond acceptors (Lipinski definition) is 3. The lowest BCUT2D eigenvalue weighted by atomic mass is 10.0. The first-order chi connectivity index (χ1) is 9.33.